The van der Waals surface area contributed by atoms with Gasteiger partial charge in [0.15, 0.2) is 6.61 Å². The molecule has 0 spiro atoms. The zero-order valence-corrected chi connectivity index (χ0v) is 15.7. The SMILES string of the molecule is CCOC(=O)c1c(-c2ccco2)csc1NC(=O)COc1ccccc1C#N. The van der Waals surface area contributed by atoms with Crippen LogP contribution >= 0.6 is 11.3 Å². The number of carbonyl (C=O) groups excluding carboxylic acids is 2. The van der Waals surface area contributed by atoms with E-state index < -0.39 is 11.9 Å². The number of para-hydroxylation sites is 1. The first-order valence-corrected chi connectivity index (χ1v) is 9.26. The number of carbonyl (C=O) groups is 2. The van der Waals surface area contributed by atoms with E-state index in [4.69, 9.17) is 19.2 Å². The second-order valence-corrected chi connectivity index (χ2v) is 6.38. The number of benzene rings is 1. The molecule has 0 unspecified atom stereocenters. The van der Waals surface area contributed by atoms with Crippen LogP contribution in [-0.2, 0) is 9.53 Å². The van der Waals surface area contributed by atoms with Crippen LogP contribution in [0.5, 0.6) is 5.75 Å². The topological polar surface area (TPSA) is 102 Å². The van der Waals surface area contributed by atoms with Crippen LogP contribution in [0.15, 0.2) is 52.5 Å². The molecule has 0 saturated carbocycles. The van der Waals surface area contributed by atoms with Crippen LogP contribution in [0.25, 0.3) is 11.3 Å². The lowest BCUT2D eigenvalue weighted by Gasteiger charge is -2.09. The van der Waals surface area contributed by atoms with Gasteiger partial charge in [-0.1, -0.05) is 12.1 Å². The molecule has 0 atom stereocenters. The highest BCUT2D eigenvalue weighted by molar-refractivity contribution is 7.15. The van der Waals surface area contributed by atoms with E-state index in [2.05, 4.69) is 5.32 Å². The fourth-order valence-corrected chi connectivity index (χ4v) is 3.41. The molecule has 0 aliphatic rings. The molecule has 0 fully saturated rings. The molecular formula is C20H16N2O5S. The minimum atomic E-state index is -0.554. The summed E-state index contributed by atoms with van der Waals surface area (Å²) >= 11 is 1.19. The number of rotatable bonds is 7. The molecule has 8 heteroatoms. The van der Waals surface area contributed by atoms with Crippen molar-refractivity contribution in [1.82, 2.24) is 0 Å². The van der Waals surface area contributed by atoms with E-state index in [1.807, 2.05) is 6.07 Å². The van der Waals surface area contributed by atoms with Crippen LogP contribution in [0, 0.1) is 11.3 Å². The van der Waals surface area contributed by atoms with Crippen LogP contribution in [-0.4, -0.2) is 25.1 Å². The van der Waals surface area contributed by atoms with Gasteiger partial charge in [0.1, 0.15) is 28.1 Å². The molecule has 7 nitrogen and oxygen atoms in total. The summed E-state index contributed by atoms with van der Waals surface area (Å²) in [5.41, 5.74) is 1.10. The van der Waals surface area contributed by atoms with E-state index in [-0.39, 0.29) is 18.8 Å². The monoisotopic (exact) mass is 396 g/mol. The summed E-state index contributed by atoms with van der Waals surface area (Å²) in [4.78, 5) is 24.7. The third-order valence-corrected chi connectivity index (χ3v) is 4.57. The zero-order chi connectivity index (χ0) is 19.9. The van der Waals surface area contributed by atoms with Crippen molar-refractivity contribution in [3.63, 3.8) is 0 Å². The number of esters is 1. The van der Waals surface area contributed by atoms with Gasteiger partial charge in [0, 0.05) is 10.9 Å². The summed E-state index contributed by atoms with van der Waals surface area (Å²) in [5.74, 6) is -0.209. The van der Waals surface area contributed by atoms with Gasteiger partial charge in [-0.15, -0.1) is 11.3 Å². The number of anilines is 1. The Bertz CT molecular complexity index is 1020. The van der Waals surface area contributed by atoms with E-state index in [1.54, 1.807) is 48.7 Å². The van der Waals surface area contributed by atoms with E-state index in [9.17, 15) is 9.59 Å². The molecular weight excluding hydrogens is 380 g/mol. The summed E-state index contributed by atoms with van der Waals surface area (Å²) in [7, 11) is 0. The number of amides is 1. The maximum absolute atomic E-state index is 12.4. The number of ether oxygens (including phenoxy) is 2. The van der Waals surface area contributed by atoms with Crippen molar-refractivity contribution in [2.24, 2.45) is 0 Å². The first kappa shape index (κ1) is 19.2. The number of nitriles is 1. The molecule has 1 aromatic carbocycles. The first-order valence-electron chi connectivity index (χ1n) is 8.38. The standard InChI is InChI=1S/C20H16N2O5S/c1-2-25-20(24)18-14(16-8-5-9-26-16)12-28-19(18)22-17(23)11-27-15-7-4-3-6-13(15)10-21/h3-9,12H,2,11H2,1H3,(H,22,23). The number of nitrogens with zero attached hydrogens (tertiary/aromatic N) is 1. The zero-order valence-electron chi connectivity index (χ0n) is 14.9. The molecule has 2 aromatic heterocycles. The molecule has 0 aliphatic heterocycles. The van der Waals surface area contributed by atoms with Gasteiger partial charge in [-0.2, -0.15) is 5.26 Å². The normalized spacial score (nSPS) is 10.1. The molecule has 0 saturated heterocycles. The third-order valence-electron chi connectivity index (χ3n) is 3.68. The van der Waals surface area contributed by atoms with Gasteiger partial charge in [-0.05, 0) is 31.2 Å². The summed E-state index contributed by atoms with van der Waals surface area (Å²) in [6.45, 7) is 1.60. The molecule has 28 heavy (non-hydrogen) atoms. The average molecular weight is 396 g/mol. The Morgan fingerprint density at radius 1 is 1.25 bits per heavy atom. The van der Waals surface area contributed by atoms with Gasteiger partial charge in [-0.25, -0.2) is 4.79 Å². The molecule has 0 bridgehead atoms. The summed E-state index contributed by atoms with van der Waals surface area (Å²) in [6.07, 6.45) is 1.50. The smallest absolute Gasteiger partial charge is 0.341 e. The Morgan fingerprint density at radius 3 is 2.79 bits per heavy atom. The molecule has 0 aliphatic carbocycles. The van der Waals surface area contributed by atoms with Crippen LogP contribution < -0.4 is 10.1 Å². The number of hydrogen-bond donors (Lipinski definition) is 1. The van der Waals surface area contributed by atoms with Crippen molar-refractivity contribution in [3.8, 4) is 23.1 Å². The van der Waals surface area contributed by atoms with Crippen molar-refractivity contribution < 1.29 is 23.5 Å². The van der Waals surface area contributed by atoms with Crippen molar-refractivity contribution >= 4 is 28.2 Å². The molecule has 0 radical (unpaired) electrons. The van der Waals surface area contributed by atoms with Gasteiger partial charge in [0.2, 0.25) is 0 Å². The Balaban J connectivity index is 1.77. The van der Waals surface area contributed by atoms with E-state index in [0.717, 1.165) is 0 Å². The second-order valence-electron chi connectivity index (χ2n) is 5.50. The van der Waals surface area contributed by atoms with Crippen LogP contribution in [0.1, 0.15) is 22.8 Å². The fraction of sp³-hybridized carbons (Fsp3) is 0.150. The average Bonchev–Trinajstić information content (AvgIpc) is 3.36. The van der Waals surface area contributed by atoms with Crippen molar-refractivity contribution in [2.75, 3.05) is 18.5 Å². The highest BCUT2D eigenvalue weighted by Crippen LogP contribution is 2.36. The second kappa shape index (κ2) is 8.88. The number of thiophene rings is 1. The first-order chi connectivity index (χ1) is 13.6. The molecule has 3 aromatic rings. The van der Waals surface area contributed by atoms with Crippen molar-refractivity contribution in [1.29, 1.82) is 5.26 Å². The number of furan rings is 1. The predicted octanol–water partition coefficient (Wildman–Crippen LogP) is 4.07. The van der Waals surface area contributed by atoms with Crippen molar-refractivity contribution in [2.45, 2.75) is 6.92 Å². The third kappa shape index (κ3) is 4.22. The lowest BCUT2D eigenvalue weighted by molar-refractivity contribution is -0.118. The van der Waals surface area contributed by atoms with Gasteiger partial charge in [-0.3, -0.25) is 4.79 Å². The largest absolute Gasteiger partial charge is 0.482 e. The van der Waals surface area contributed by atoms with E-state index >= 15 is 0 Å². The van der Waals surface area contributed by atoms with Gasteiger partial charge in [0.25, 0.3) is 5.91 Å². The minimum absolute atomic E-state index is 0.202. The van der Waals surface area contributed by atoms with Crippen LogP contribution in [0.3, 0.4) is 0 Å². The van der Waals surface area contributed by atoms with Crippen LogP contribution in [0.2, 0.25) is 0 Å². The lowest BCUT2D eigenvalue weighted by atomic mass is 10.1. The Kier molecular flexibility index (Phi) is 6.09. The lowest BCUT2D eigenvalue weighted by Crippen LogP contribution is -2.21. The van der Waals surface area contributed by atoms with E-state index in [1.165, 1.54) is 17.6 Å². The maximum atomic E-state index is 12.4. The Labute approximate surface area is 165 Å². The molecule has 142 valence electrons. The number of hydrogen-bond acceptors (Lipinski definition) is 7. The van der Waals surface area contributed by atoms with Gasteiger partial charge in [0.05, 0.1) is 18.4 Å². The predicted molar refractivity (Wildman–Crippen MR) is 103 cm³/mol. The fourth-order valence-electron chi connectivity index (χ4n) is 2.46. The Morgan fingerprint density at radius 2 is 2.07 bits per heavy atom. The number of nitrogens with one attached hydrogen (secondary N) is 1. The van der Waals surface area contributed by atoms with Gasteiger partial charge >= 0.3 is 5.97 Å². The van der Waals surface area contributed by atoms with Crippen molar-refractivity contribution in [3.05, 3.63) is 59.2 Å². The highest BCUT2D eigenvalue weighted by Gasteiger charge is 2.24. The van der Waals surface area contributed by atoms with E-state index in [0.29, 0.717) is 27.6 Å². The maximum Gasteiger partial charge on any atom is 0.341 e. The molecule has 1 amide bonds. The molecule has 2 heterocycles. The minimum Gasteiger partial charge on any atom is -0.482 e. The Hall–Kier alpha value is -3.57. The highest BCUT2D eigenvalue weighted by atomic mass is 32.1. The molecule has 1 N–H and O–H groups in total. The summed E-state index contributed by atoms with van der Waals surface area (Å²) in [5, 5.41) is 13.8. The quantitative estimate of drug-likeness (QED) is 0.604. The van der Waals surface area contributed by atoms with Crippen LogP contribution in [0.4, 0.5) is 5.00 Å². The summed E-state index contributed by atoms with van der Waals surface area (Å²) < 4.78 is 15.9. The van der Waals surface area contributed by atoms with Gasteiger partial charge < -0.3 is 19.2 Å². The summed E-state index contributed by atoms with van der Waals surface area (Å²) in [6, 6.07) is 12.1. The molecule has 3 rings (SSSR count).